The highest BCUT2D eigenvalue weighted by molar-refractivity contribution is 6.30. The summed E-state index contributed by atoms with van der Waals surface area (Å²) >= 11 is 5.85. The van der Waals surface area contributed by atoms with Crippen molar-refractivity contribution in [2.45, 2.75) is 32.8 Å². The molecule has 0 heterocycles. The zero-order valence-corrected chi connectivity index (χ0v) is 13.0. The minimum atomic E-state index is -0.488. The van der Waals surface area contributed by atoms with Crippen molar-refractivity contribution in [3.8, 4) is 0 Å². The van der Waals surface area contributed by atoms with Gasteiger partial charge in [-0.3, -0.25) is 0 Å². The molecule has 1 amide bonds. The number of nitrogens with one attached hydrogen (secondary N) is 1. The maximum Gasteiger partial charge on any atom is 0.407 e. The summed E-state index contributed by atoms with van der Waals surface area (Å²) in [4.78, 5) is 11.6. The molecule has 1 aromatic rings. The highest BCUT2D eigenvalue weighted by atomic mass is 35.5. The number of alkyl carbamates (subject to hydrolysis) is 1. The van der Waals surface area contributed by atoms with Gasteiger partial charge in [-0.2, -0.15) is 0 Å². The summed E-state index contributed by atoms with van der Waals surface area (Å²) < 4.78 is 5.19. The largest absolute Gasteiger partial charge is 0.444 e. The molecule has 0 bridgehead atoms. The zero-order valence-electron chi connectivity index (χ0n) is 12.3. The summed E-state index contributed by atoms with van der Waals surface area (Å²) in [6.45, 7) is 6.49. The molecule has 0 saturated heterocycles. The predicted octanol–water partition coefficient (Wildman–Crippen LogP) is 2.98. The van der Waals surface area contributed by atoms with E-state index >= 15 is 0 Å². The van der Waals surface area contributed by atoms with E-state index in [-0.39, 0.29) is 5.92 Å². The molecular formula is C15H23ClN2O2. The Morgan fingerprint density at radius 2 is 1.95 bits per heavy atom. The third kappa shape index (κ3) is 6.78. The number of rotatable bonds is 5. The average molecular weight is 299 g/mol. The summed E-state index contributed by atoms with van der Waals surface area (Å²) in [5.41, 5.74) is 6.41. The fraction of sp³-hybridized carbons (Fsp3) is 0.533. The van der Waals surface area contributed by atoms with Crippen LogP contribution in [0.5, 0.6) is 0 Å². The lowest BCUT2D eigenvalue weighted by Gasteiger charge is -2.21. The monoisotopic (exact) mass is 298 g/mol. The van der Waals surface area contributed by atoms with Crippen LogP contribution in [0.3, 0.4) is 0 Å². The van der Waals surface area contributed by atoms with Crippen LogP contribution in [0.4, 0.5) is 4.79 Å². The third-order valence-corrected chi connectivity index (χ3v) is 2.96. The first-order chi connectivity index (χ1) is 9.30. The summed E-state index contributed by atoms with van der Waals surface area (Å²) in [7, 11) is 0. The summed E-state index contributed by atoms with van der Waals surface area (Å²) in [6.07, 6.45) is 0.385. The Balaban J connectivity index is 2.43. The molecule has 0 radical (unpaired) electrons. The molecule has 0 spiro atoms. The number of carbonyl (C=O) groups is 1. The fourth-order valence-electron chi connectivity index (χ4n) is 1.73. The van der Waals surface area contributed by atoms with Gasteiger partial charge in [-0.15, -0.1) is 0 Å². The normalized spacial score (nSPS) is 12.8. The zero-order chi connectivity index (χ0) is 15.2. The van der Waals surface area contributed by atoms with E-state index in [2.05, 4.69) is 5.32 Å². The van der Waals surface area contributed by atoms with Crippen LogP contribution in [0.25, 0.3) is 0 Å². The Morgan fingerprint density at radius 1 is 1.35 bits per heavy atom. The maximum absolute atomic E-state index is 11.6. The molecule has 4 nitrogen and oxygen atoms in total. The molecule has 3 N–H and O–H groups in total. The topological polar surface area (TPSA) is 64.3 Å². The van der Waals surface area contributed by atoms with E-state index in [0.29, 0.717) is 18.1 Å². The first kappa shape index (κ1) is 16.8. The highest BCUT2D eigenvalue weighted by Crippen LogP contribution is 2.13. The van der Waals surface area contributed by atoms with Crippen LogP contribution in [0.2, 0.25) is 5.02 Å². The Labute approximate surface area is 125 Å². The second-order valence-electron chi connectivity index (χ2n) is 5.82. The molecule has 0 aliphatic rings. The predicted molar refractivity (Wildman–Crippen MR) is 81.9 cm³/mol. The molecule has 1 aromatic carbocycles. The third-order valence-electron chi connectivity index (χ3n) is 2.70. The van der Waals surface area contributed by atoms with Gasteiger partial charge in [-0.25, -0.2) is 4.79 Å². The summed E-state index contributed by atoms with van der Waals surface area (Å²) in [6, 6.07) is 7.65. The van der Waals surface area contributed by atoms with Gasteiger partial charge in [0.2, 0.25) is 0 Å². The van der Waals surface area contributed by atoms with Gasteiger partial charge in [0, 0.05) is 11.6 Å². The van der Waals surface area contributed by atoms with Crippen LogP contribution in [0.1, 0.15) is 26.3 Å². The van der Waals surface area contributed by atoms with Crippen LogP contribution in [0.15, 0.2) is 24.3 Å². The highest BCUT2D eigenvalue weighted by Gasteiger charge is 2.17. The SMILES string of the molecule is CC(C)(C)OC(=O)NCC(CN)Cc1ccc(Cl)cc1. The van der Waals surface area contributed by atoms with E-state index in [9.17, 15) is 4.79 Å². The molecule has 0 aromatic heterocycles. The number of carbonyl (C=O) groups excluding carboxylic acids is 1. The molecule has 1 rings (SSSR count). The van der Waals surface area contributed by atoms with Crippen molar-refractivity contribution in [3.05, 3.63) is 34.9 Å². The number of ether oxygens (including phenoxy) is 1. The van der Waals surface area contributed by atoms with Gasteiger partial charge >= 0.3 is 6.09 Å². The standard InChI is InChI=1S/C15H23ClN2O2/c1-15(2,3)20-14(19)18-10-12(9-17)8-11-4-6-13(16)7-5-11/h4-7,12H,8-10,17H2,1-3H3,(H,18,19). The number of halogens is 1. The van der Waals surface area contributed by atoms with E-state index in [1.165, 1.54) is 0 Å². The number of nitrogens with two attached hydrogens (primary N) is 1. The maximum atomic E-state index is 11.6. The molecular weight excluding hydrogens is 276 g/mol. The lowest BCUT2D eigenvalue weighted by molar-refractivity contribution is 0.0520. The van der Waals surface area contributed by atoms with Crippen molar-refractivity contribution in [2.24, 2.45) is 11.7 Å². The van der Waals surface area contributed by atoms with E-state index in [1.54, 1.807) is 0 Å². The minimum absolute atomic E-state index is 0.170. The number of hydrogen-bond acceptors (Lipinski definition) is 3. The molecule has 0 saturated carbocycles. The Morgan fingerprint density at radius 3 is 2.45 bits per heavy atom. The molecule has 0 aliphatic carbocycles. The molecule has 1 unspecified atom stereocenters. The molecule has 1 atom stereocenters. The van der Waals surface area contributed by atoms with Crippen molar-refractivity contribution < 1.29 is 9.53 Å². The first-order valence-electron chi connectivity index (χ1n) is 6.71. The number of benzene rings is 1. The van der Waals surface area contributed by atoms with Gasteiger partial charge in [0.15, 0.2) is 0 Å². The van der Waals surface area contributed by atoms with Gasteiger partial charge in [0.25, 0.3) is 0 Å². The summed E-state index contributed by atoms with van der Waals surface area (Å²) in [5.74, 6) is 0.170. The van der Waals surface area contributed by atoms with E-state index in [1.807, 2.05) is 45.0 Å². The van der Waals surface area contributed by atoms with Gasteiger partial charge in [-0.1, -0.05) is 23.7 Å². The molecule has 5 heteroatoms. The molecule has 0 fully saturated rings. The number of hydrogen-bond donors (Lipinski definition) is 2. The van der Waals surface area contributed by atoms with Gasteiger partial charge in [0.1, 0.15) is 5.60 Å². The second kappa shape index (κ2) is 7.50. The van der Waals surface area contributed by atoms with Gasteiger partial charge < -0.3 is 15.8 Å². The fourth-order valence-corrected chi connectivity index (χ4v) is 1.86. The van der Waals surface area contributed by atoms with Crippen LogP contribution < -0.4 is 11.1 Å². The molecule has 20 heavy (non-hydrogen) atoms. The lowest BCUT2D eigenvalue weighted by atomic mass is 9.99. The van der Waals surface area contributed by atoms with Gasteiger partial charge in [0.05, 0.1) is 0 Å². The Hall–Kier alpha value is -1.26. The Bertz CT molecular complexity index is 426. The van der Waals surface area contributed by atoms with Crippen molar-refractivity contribution in [1.82, 2.24) is 5.32 Å². The average Bonchev–Trinajstić information content (AvgIpc) is 2.34. The molecule has 112 valence electrons. The van der Waals surface area contributed by atoms with Gasteiger partial charge in [-0.05, 0) is 57.4 Å². The van der Waals surface area contributed by atoms with Crippen LogP contribution in [-0.2, 0) is 11.2 Å². The number of amides is 1. The van der Waals surface area contributed by atoms with E-state index in [0.717, 1.165) is 12.0 Å². The van der Waals surface area contributed by atoms with Crippen molar-refractivity contribution in [2.75, 3.05) is 13.1 Å². The first-order valence-corrected chi connectivity index (χ1v) is 7.09. The smallest absolute Gasteiger partial charge is 0.407 e. The molecule has 0 aliphatic heterocycles. The van der Waals surface area contributed by atoms with Crippen molar-refractivity contribution in [3.63, 3.8) is 0 Å². The summed E-state index contributed by atoms with van der Waals surface area (Å²) in [5, 5.41) is 3.47. The van der Waals surface area contributed by atoms with Crippen molar-refractivity contribution >= 4 is 17.7 Å². The Kier molecular flexibility index (Phi) is 6.30. The lowest BCUT2D eigenvalue weighted by Crippen LogP contribution is -2.37. The van der Waals surface area contributed by atoms with Crippen molar-refractivity contribution in [1.29, 1.82) is 0 Å². The van der Waals surface area contributed by atoms with Crippen LogP contribution in [-0.4, -0.2) is 24.8 Å². The second-order valence-corrected chi connectivity index (χ2v) is 6.25. The van der Waals surface area contributed by atoms with E-state index < -0.39 is 11.7 Å². The quantitative estimate of drug-likeness (QED) is 0.878. The minimum Gasteiger partial charge on any atom is -0.444 e. The van der Waals surface area contributed by atoms with Crippen LogP contribution >= 0.6 is 11.6 Å². The van der Waals surface area contributed by atoms with Crippen LogP contribution in [0, 0.1) is 5.92 Å². The van der Waals surface area contributed by atoms with E-state index in [4.69, 9.17) is 22.1 Å².